The molecule has 0 spiro atoms. The average Bonchev–Trinajstić information content (AvgIpc) is 3.07. The van der Waals surface area contributed by atoms with Gasteiger partial charge in [-0.05, 0) is 30.9 Å². The molecule has 8 heteroatoms. The van der Waals surface area contributed by atoms with Crippen LogP contribution < -0.4 is 5.32 Å². The molecule has 0 bridgehead atoms. The Morgan fingerprint density at radius 2 is 2.04 bits per heavy atom. The molecule has 2 heterocycles. The summed E-state index contributed by atoms with van der Waals surface area (Å²) in [4.78, 5) is 23.8. The quantitative estimate of drug-likeness (QED) is 0.799. The number of aryl methyl sites for hydroxylation is 1. The Morgan fingerprint density at radius 3 is 2.73 bits per heavy atom. The van der Waals surface area contributed by atoms with Gasteiger partial charge < -0.3 is 15.2 Å². The maximum absolute atomic E-state index is 13.1. The highest BCUT2D eigenvalue weighted by molar-refractivity contribution is 5.88. The number of carbonyl (C=O) groups is 2. The van der Waals surface area contributed by atoms with Gasteiger partial charge in [-0.1, -0.05) is 29.5 Å². The summed E-state index contributed by atoms with van der Waals surface area (Å²) in [7, 11) is 0. The molecule has 0 unspecified atom stereocenters. The van der Waals surface area contributed by atoms with Crippen molar-refractivity contribution >= 4 is 11.9 Å². The molecule has 0 aliphatic carbocycles. The lowest BCUT2D eigenvalue weighted by Gasteiger charge is -2.37. The largest absolute Gasteiger partial charge is 0.480 e. The Bertz CT molecular complexity index is 796. The summed E-state index contributed by atoms with van der Waals surface area (Å²) in [6, 6.07) is 7.93. The number of hydrogen-bond donors (Lipinski definition) is 2. The summed E-state index contributed by atoms with van der Waals surface area (Å²) in [5.74, 6) is -1.06. The van der Waals surface area contributed by atoms with Gasteiger partial charge in [0.2, 0.25) is 5.91 Å². The van der Waals surface area contributed by atoms with E-state index in [4.69, 9.17) is 9.84 Å². The van der Waals surface area contributed by atoms with Crippen LogP contribution in [0.2, 0.25) is 0 Å². The van der Waals surface area contributed by atoms with Crippen LogP contribution in [0.1, 0.15) is 29.7 Å². The van der Waals surface area contributed by atoms with Crippen LogP contribution in [-0.2, 0) is 32.8 Å². The lowest BCUT2D eigenvalue weighted by Crippen LogP contribution is -2.48. The Hall–Kier alpha value is -2.74. The Morgan fingerprint density at radius 1 is 1.31 bits per heavy atom. The number of nitrogens with zero attached hydrogens (tertiary/aromatic N) is 3. The van der Waals surface area contributed by atoms with Crippen LogP contribution in [0.3, 0.4) is 0 Å². The maximum Gasteiger partial charge on any atom is 0.325 e. The predicted octanol–water partition coefficient (Wildman–Crippen LogP) is 1.04. The van der Waals surface area contributed by atoms with Gasteiger partial charge in [0.25, 0.3) is 0 Å². The van der Waals surface area contributed by atoms with Crippen LogP contribution in [0, 0.1) is 6.92 Å². The van der Waals surface area contributed by atoms with Crippen molar-refractivity contribution in [2.45, 2.75) is 38.3 Å². The third kappa shape index (κ3) is 3.75. The Labute approximate surface area is 151 Å². The lowest BCUT2D eigenvalue weighted by molar-refractivity contribution is -0.138. The number of aromatic nitrogens is 3. The summed E-state index contributed by atoms with van der Waals surface area (Å²) in [5, 5.41) is 19.4. The number of rotatable bonds is 6. The Kier molecular flexibility index (Phi) is 5.32. The number of carbonyl (C=O) groups excluding carboxylic acids is 1. The molecular formula is C18H22N4O4. The third-order valence-electron chi connectivity index (χ3n) is 4.76. The van der Waals surface area contributed by atoms with Gasteiger partial charge >= 0.3 is 5.97 Å². The van der Waals surface area contributed by atoms with E-state index in [0.717, 1.165) is 11.1 Å². The van der Waals surface area contributed by atoms with Gasteiger partial charge in [0.15, 0.2) is 0 Å². The number of aliphatic carboxylic acids is 1. The Balaban J connectivity index is 1.75. The highest BCUT2D eigenvalue weighted by atomic mass is 16.5. The highest BCUT2D eigenvalue weighted by Gasteiger charge is 2.42. The number of ether oxygens (including phenoxy) is 1. The van der Waals surface area contributed by atoms with Gasteiger partial charge in [-0.2, -0.15) is 0 Å². The summed E-state index contributed by atoms with van der Waals surface area (Å²) in [6.07, 6.45) is 2.77. The van der Waals surface area contributed by atoms with Gasteiger partial charge in [0.1, 0.15) is 12.2 Å². The first kappa shape index (κ1) is 18.1. The topological polar surface area (TPSA) is 106 Å². The summed E-state index contributed by atoms with van der Waals surface area (Å²) >= 11 is 0. The number of hydrogen-bond acceptors (Lipinski definition) is 5. The fraction of sp³-hybridized carbons (Fsp3) is 0.444. The van der Waals surface area contributed by atoms with Crippen molar-refractivity contribution < 1.29 is 19.4 Å². The molecule has 2 aromatic rings. The smallest absolute Gasteiger partial charge is 0.325 e. The van der Waals surface area contributed by atoms with E-state index in [0.29, 0.717) is 31.7 Å². The SMILES string of the molecule is Cc1ccccc1C1(C(=O)NCc2cn(CC(=O)O)nn2)CCOCC1. The molecule has 0 atom stereocenters. The number of nitrogens with one attached hydrogen (secondary N) is 1. The predicted molar refractivity (Wildman–Crippen MR) is 92.4 cm³/mol. The zero-order valence-corrected chi connectivity index (χ0v) is 14.6. The lowest BCUT2D eigenvalue weighted by atomic mass is 9.72. The van der Waals surface area contributed by atoms with E-state index >= 15 is 0 Å². The van der Waals surface area contributed by atoms with Crippen molar-refractivity contribution in [3.05, 3.63) is 47.3 Å². The van der Waals surface area contributed by atoms with Gasteiger partial charge in [-0.3, -0.25) is 9.59 Å². The first-order valence-electron chi connectivity index (χ1n) is 8.54. The molecule has 1 aromatic carbocycles. The minimum atomic E-state index is -0.994. The molecule has 2 N–H and O–H groups in total. The maximum atomic E-state index is 13.1. The fourth-order valence-electron chi connectivity index (χ4n) is 3.42. The molecule has 1 saturated heterocycles. The van der Waals surface area contributed by atoms with Crippen LogP contribution >= 0.6 is 0 Å². The van der Waals surface area contributed by atoms with Gasteiger partial charge in [0.05, 0.1) is 18.2 Å². The second-order valence-electron chi connectivity index (χ2n) is 6.49. The van der Waals surface area contributed by atoms with Gasteiger partial charge in [-0.25, -0.2) is 4.68 Å². The molecule has 138 valence electrons. The highest BCUT2D eigenvalue weighted by Crippen LogP contribution is 2.37. The third-order valence-corrected chi connectivity index (χ3v) is 4.76. The zero-order chi connectivity index (χ0) is 18.6. The van der Waals surface area contributed by atoms with E-state index in [1.807, 2.05) is 31.2 Å². The molecule has 0 radical (unpaired) electrons. The minimum absolute atomic E-state index is 0.0668. The first-order chi connectivity index (χ1) is 12.5. The summed E-state index contributed by atoms with van der Waals surface area (Å²) in [6.45, 7) is 3.03. The number of amides is 1. The van der Waals surface area contributed by atoms with E-state index in [1.165, 1.54) is 10.9 Å². The van der Waals surface area contributed by atoms with Gasteiger partial charge in [0, 0.05) is 13.2 Å². The van der Waals surface area contributed by atoms with Crippen LogP contribution in [0.5, 0.6) is 0 Å². The molecule has 8 nitrogen and oxygen atoms in total. The van der Waals surface area contributed by atoms with Crippen LogP contribution in [-0.4, -0.2) is 45.2 Å². The monoisotopic (exact) mass is 358 g/mol. The molecule has 3 rings (SSSR count). The molecule has 1 aliphatic rings. The molecule has 1 aromatic heterocycles. The second kappa shape index (κ2) is 7.65. The van der Waals surface area contributed by atoms with Crippen LogP contribution in [0.4, 0.5) is 0 Å². The molecule has 1 amide bonds. The zero-order valence-electron chi connectivity index (χ0n) is 14.6. The van der Waals surface area contributed by atoms with Crippen molar-refractivity contribution in [2.75, 3.05) is 13.2 Å². The number of carboxylic acid groups (broad SMARTS) is 1. The van der Waals surface area contributed by atoms with Crippen molar-refractivity contribution in [3.63, 3.8) is 0 Å². The normalized spacial score (nSPS) is 16.2. The first-order valence-corrected chi connectivity index (χ1v) is 8.54. The van der Waals surface area contributed by atoms with Crippen LogP contribution in [0.25, 0.3) is 0 Å². The van der Waals surface area contributed by atoms with Crippen molar-refractivity contribution in [2.24, 2.45) is 0 Å². The minimum Gasteiger partial charge on any atom is -0.480 e. The number of benzene rings is 1. The molecule has 0 saturated carbocycles. The molecular weight excluding hydrogens is 336 g/mol. The number of carboxylic acids is 1. The van der Waals surface area contributed by atoms with Crippen molar-refractivity contribution in [3.8, 4) is 0 Å². The van der Waals surface area contributed by atoms with E-state index in [9.17, 15) is 9.59 Å². The second-order valence-corrected chi connectivity index (χ2v) is 6.49. The van der Waals surface area contributed by atoms with Crippen molar-refractivity contribution in [1.82, 2.24) is 20.3 Å². The average molecular weight is 358 g/mol. The summed E-state index contributed by atoms with van der Waals surface area (Å²) < 4.78 is 6.71. The van der Waals surface area contributed by atoms with E-state index in [2.05, 4.69) is 15.6 Å². The van der Waals surface area contributed by atoms with E-state index < -0.39 is 11.4 Å². The standard InChI is InChI=1S/C18H22N4O4/c1-13-4-2-3-5-15(13)18(6-8-26-9-7-18)17(25)19-10-14-11-22(21-20-14)12-16(23)24/h2-5,11H,6-10,12H2,1H3,(H,19,25)(H,23,24). The van der Waals surface area contributed by atoms with E-state index in [1.54, 1.807) is 0 Å². The molecule has 26 heavy (non-hydrogen) atoms. The summed E-state index contributed by atoms with van der Waals surface area (Å²) in [5.41, 5.74) is 2.00. The van der Waals surface area contributed by atoms with Gasteiger partial charge in [-0.15, -0.1) is 5.10 Å². The molecule has 1 aliphatic heterocycles. The van der Waals surface area contributed by atoms with Crippen molar-refractivity contribution in [1.29, 1.82) is 0 Å². The van der Waals surface area contributed by atoms with Crippen LogP contribution in [0.15, 0.2) is 30.5 Å². The fourth-order valence-corrected chi connectivity index (χ4v) is 3.42. The molecule has 1 fully saturated rings. The van der Waals surface area contributed by atoms with E-state index in [-0.39, 0.29) is 19.0 Å².